The van der Waals surface area contributed by atoms with E-state index in [0.717, 1.165) is 16.9 Å². The van der Waals surface area contributed by atoms with Gasteiger partial charge in [-0.3, -0.25) is 4.79 Å². The molecule has 88 valence electrons. The summed E-state index contributed by atoms with van der Waals surface area (Å²) in [5, 5.41) is 13.0. The minimum Gasteiger partial charge on any atom is -0.497 e. The number of carboxylic acid groups (broad SMARTS) is 1. The second kappa shape index (κ2) is 5.01. The first-order valence-electron chi connectivity index (χ1n) is 5.11. The molecule has 17 heavy (non-hydrogen) atoms. The number of aliphatic carboxylic acids is 1. The highest BCUT2D eigenvalue weighted by Gasteiger charge is 2.22. The Hall–Kier alpha value is -1.81. The molecule has 0 bridgehead atoms. The number of thiophene rings is 1. The van der Waals surface area contributed by atoms with Gasteiger partial charge in [-0.15, -0.1) is 0 Å². The van der Waals surface area contributed by atoms with Gasteiger partial charge in [0.2, 0.25) is 0 Å². The summed E-state index contributed by atoms with van der Waals surface area (Å²) in [7, 11) is 1.59. The molecule has 1 unspecified atom stereocenters. The molecule has 0 fully saturated rings. The number of methoxy groups -OCH3 is 1. The molecule has 0 aliphatic rings. The van der Waals surface area contributed by atoms with E-state index in [1.807, 2.05) is 16.8 Å². The van der Waals surface area contributed by atoms with Crippen LogP contribution < -0.4 is 4.74 Å². The van der Waals surface area contributed by atoms with Crippen LogP contribution in [0, 0.1) is 0 Å². The molecule has 1 atom stereocenters. The molecular formula is C13H12O3S. The molecule has 0 spiro atoms. The predicted octanol–water partition coefficient (Wildman–Crippen LogP) is 2.97. The fraction of sp³-hybridized carbons (Fsp3) is 0.154. The predicted molar refractivity (Wildman–Crippen MR) is 66.8 cm³/mol. The van der Waals surface area contributed by atoms with Crippen LogP contribution in [0.2, 0.25) is 0 Å². The van der Waals surface area contributed by atoms with Crippen LogP contribution in [0.15, 0.2) is 41.1 Å². The van der Waals surface area contributed by atoms with Crippen LogP contribution >= 0.6 is 11.3 Å². The van der Waals surface area contributed by atoms with Crippen molar-refractivity contribution in [2.24, 2.45) is 0 Å². The number of rotatable bonds is 4. The van der Waals surface area contributed by atoms with Gasteiger partial charge in [0, 0.05) is 0 Å². The van der Waals surface area contributed by atoms with Crippen molar-refractivity contribution in [3.63, 3.8) is 0 Å². The van der Waals surface area contributed by atoms with Gasteiger partial charge in [-0.2, -0.15) is 11.3 Å². The Morgan fingerprint density at radius 2 is 1.94 bits per heavy atom. The van der Waals surface area contributed by atoms with Crippen LogP contribution in [-0.4, -0.2) is 18.2 Å². The standard InChI is InChI=1S/C13H12O3S/c1-16-11-4-2-9(3-5-11)12(13(14)15)10-6-7-17-8-10/h2-8,12H,1H3,(H,14,15). The van der Waals surface area contributed by atoms with E-state index < -0.39 is 11.9 Å². The minimum absolute atomic E-state index is 0.604. The molecule has 1 N–H and O–H groups in total. The number of carboxylic acids is 1. The zero-order chi connectivity index (χ0) is 12.3. The van der Waals surface area contributed by atoms with E-state index in [1.165, 1.54) is 11.3 Å². The van der Waals surface area contributed by atoms with Gasteiger partial charge >= 0.3 is 5.97 Å². The molecule has 1 aromatic heterocycles. The highest BCUT2D eigenvalue weighted by Crippen LogP contribution is 2.28. The number of benzene rings is 1. The number of ether oxygens (including phenoxy) is 1. The third-order valence-electron chi connectivity index (χ3n) is 2.57. The molecule has 2 aromatic rings. The third-order valence-corrected chi connectivity index (χ3v) is 3.27. The van der Waals surface area contributed by atoms with Gasteiger partial charge < -0.3 is 9.84 Å². The maximum absolute atomic E-state index is 11.3. The Morgan fingerprint density at radius 1 is 1.24 bits per heavy atom. The Balaban J connectivity index is 2.36. The zero-order valence-corrected chi connectivity index (χ0v) is 10.1. The molecule has 0 saturated carbocycles. The SMILES string of the molecule is COc1ccc(C(C(=O)O)c2ccsc2)cc1. The van der Waals surface area contributed by atoms with Crippen molar-refractivity contribution in [1.82, 2.24) is 0 Å². The van der Waals surface area contributed by atoms with Crippen molar-refractivity contribution in [2.45, 2.75) is 5.92 Å². The largest absolute Gasteiger partial charge is 0.497 e. The second-order valence-electron chi connectivity index (χ2n) is 3.60. The number of carbonyl (C=O) groups is 1. The van der Waals surface area contributed by atoms with E-state index in [-0.39, 0.29) is 0 Å². The molecule has 3 nitrogen and oxygen atoms in total. The van der Waals surface area contributed by atoms with E-state index in [4.69, 9.17) is 4.74 Å². The summed E-state index contributed by atoms with van der Waals surface area (Å²) in [4.78, 5) is 11.3. The van der Waals surface area contributed by atoms with E-state index in [0.29, 0.717) is 0 Å². The molecule has 1 aromatic carbocycles. The van der Waals surface area contributed by atoms with Crippen LogP contribution in [0.1, 0.15) is 17.0 Å². The lowest BCUT2D eigenvalue weighted by Crippen LogP contribution is -2.12. The molecule has 0 amide bonds. The van der Waals surface area contributed by atoms with Crippen LogP contribution in [-0.2, 0) is 4.79 Å². The van der Waals surface area contributed by atoms with Gasteiger partial charge in [0.25, 0.3) is 0 Å². The lowest BCUT2D eigenvalue weighted by molar-refractivity contribution is -0.137. The van der Waals surface area contributed by atoms with Crippen LogP contribution in [0.5, 0.6) is 5.75 Å². The Bertz CT molecular complexity index is 488. The van der Waals surface area contributed by atoms with Gasteiger partial charge in [0.15, 0.2) is 0 Å². The summed E-state index contributed by atoms with van der Waals surface area (Å²) in [6.07, 6.45) is 0. The van der Waals surface area contributed by atoms with Gasteiger partial charge in [-0.25, -0.2) is 0 Å². The van der Waals surface area contributed by atoms with Gasteiger partial charge in [-0.05, 0) is 40.1 Å². The summed E-state index contributed by atoms with van der Waals surface area (Å²) in [6, 6.07) is 8.97. The van der Waals surface area contributed by atoms with E-state index in [1.54, 1.807) is 31.4 Å². The zero-order valence-electron chi connectivity index (χ0n) is 9.29. The first-order valence-corrected chi connectivity index (χ1v) is 6.05. The summed E-state index contributed by atoms with van der Waals surface area (Å²) in [6.45, 7) is 0. The van der Waals surface area contributed by atoms with E-state index >= 15 is 0 Å². The molecule has 4 heteroatoms. The summed E-state index contributed by atoms with van der Waals surface area (Å²) in [5.41, 5.74) is 1.57. The highest BCUT2D eigenvalue weighted by atomic mass is 32.1. The molecule has 2 rings (SSSR count). The van der Waals surface area contributed by atoms with E-state index in [9.17, 15) is 9.90 Å². The Kier molecular flexibility index (Phi) is 3.44. The maximum Gasteiger partial charge on any atom is 0.315 e. The monoisotopic (exact) mass is 248 g/mol. The summed E-state index contributed by atoms with van der Waals surface area (Å²) in [5.74, 6) is -0.719. The lowest BCUT2D eigenvalue weighted by Gasteiger charge is -2.11. The average molecular weight is 248 g/mol. The maximum atomic E-state index is 11.3. The lowest BCUT2D eigenvalue weighted by atomic mass is 9.93. The molecule has 0 saturated heterocycles. The molecule has 0 aliphatic carbocycles. The van der Waals surface area contributed by atoms with Gasteiger partial charge in [0.1, 0.15) is 11.7 Å². The van der Waals surface area contributed by atoms with E-state index in [2.05, 4.69) is 0 Å². The highest BCUT2D eigenvalue weighted by molar-refractivity contribution is 7.08. The first-order chi connectivity index (χ1) is 8.22. The fourth-order valence-electron chi connectivity index (χ4n) is 1.71. The van der Waals surface area contributed by atoms with Crippen LogP contribution in [0.4, 0.5) is 0 Å². The van der Waals surface area contributed by atoms with Crippen molar-refractivity contribution in [3.05, 3.63) is 52.2 Å². The number of hydrogen-bond donors (Lipinski definition) is 1. The Morgan fingerprint density at radius 3 is 2.41 bits per heavy atom. The minimum atomic E-state index is -0.839. The first kappa shape index (κ1) is 11.7. The van der Waals surface area contributed by atoms with Crippen LogP contribution in [0.3, 0.4) is 0 Å². The van der Waals surface area contributed by atoms with Crippen LogP contribution in [0.25, 0.3) is 0 Å². The smallest absolute Gasteiger partial charge is 0.315 e. The molecule has 1 heterocycles. The quantitative estimate of drug-likeness (QED) is 0.904. The van der Waals surface area contributed by atoms with Crippen molar-refractivity contribution < 1.29 is 14.6 Å². The molecule has 0 radical (unpaired) electrons. The summed E-state index contributed by atoms with van der Waals surface area (Å²) >= 11 is 1.50. The van der Waals surface area contributed by atoms with Crippen molar-refractivity contribution in [1.29, 1.82) is 0 Å². The normalized spacial score (nSPS) is 12.1. The third kappa shape index (κ3) is 2.47. The number of hydrogen-bond acceptors (Lipinski definition) is 3. The molecule has 0 aliphatic heterocycles. The summed E-state index contributed by atoms with van der Waals surface area (Å²) < 4.78 is 5.05. The van der Waals surface area contributed by atoms with Crippen molar-refractivity contribution in [3.8, 4) is 5.75 Å². The van der Waals surface area contributed by atoms with Gasteiger partial charge in [-0.1, -0.05) is 12.1 Å². The van der Waals surface area contributed by atoms with Crippen molar-refractivity contribution >= 4 is 17.3 Å². The molecular weight excluding hydrogens is 236 g/mol. The fourth-order valence-corrected chi connectivity index (χ4v) is 2.40. The van der Waals surface area contributed by atoms with Crippen molar-refractivity contribution in [2.75, 3.05) is 7.11 Å². The second-order valence-corrected chi connectivity index (χ2v) is 4.38. The average Bonchev–Trinajstić information content (AvgIpc) is 2.83. The van der Waals surface area contributed by atoms with Gasteiger partial charge in [0.05, 0.1) is 7.11 Å². The topological polar surface area (TPSA) is 46.5 Å². The Labute approximate surface area is 103 Å².